The van der Waals surface area contributed by atoms with Gasteiger partial charge in [-0.2, -0.15) is 0 Å². The average molecular weight is 251 g/mol. The number of halogens is 1. The van der Waals surface area contributed by atoms with E-state index in [9.17, 15) is 9.18 Å². The van der Waals surface area contributed by atoms with Gasteiger partial charge in [-0.15, -0.1) is 0 Å². The Labute approximate surface area is 106 Å². The van der Waals surface area contributed by atoms with E-state index in [2.05, 4.69) is 5.32 Å². The van der Waals surface area contributed by atoms with Crippen LogP contribution >= 0.6 is 0 Å². The van der Waals surface area contributed by atoms with Gasteiger partial charge in [0, 0.05) is 6.04 Å². The fraction of sp³-hybridized carbons (Fsp3) is 0.500. The fourth-order valence-corrected chi connectivity index (χ4v) is 2.32. The molecule has 2 rings (SSSR count). The van der Waals surface area contributed by atoms with Crippen LogP contribution in [0.3, 0.4) is 0 Å². The normalized spacial score (nSPS) is 17.0. The van der Waals surface area contributed by atoms with E-state index in [1.165, 1.54) is 37.5 Å². The number of hydrogen-bond donors (Lipinski definition) is 2. The third kappa shape index (κ3) is 3.00. The molecule has 0 aromatic heterocycles. The maximum absolute atomic E-state index is 13.6. The average Bonchev–Trinajstić information content (AvgIpc) is 2.26. The van der Waals surface area contributed by atoms with Crippen LogP contribution in [0, 0.1) is 11.7 Å². The lowest BCUT2D eigenvalue weighted by molar-refractivity contribution is 0.0697. The van der Waals surface area contributed by atoms with Crippen molar-refractivity contribution in [3.05, 3.63) is 29.6 Å². The van der Waals surface area contributed by atoms with Crippen LogP contribution in [0.5, 0.6) is 0 Å². The molecule has 2 N–H and O–H groups in total. The largest absolute Gasteiger partial charge is 0.478 e. The molecule has 0 spiro atoms. The van der Waals surface area contributed by atoms with Crippen molar-refractivity contribution in [2.24, 2.45) is 5.92 Å². The van der Waals surface area contributed by atoms with Gasteiger partial charge < -0.3 is 10.4 Å². The van der Waals surface area contributed by atoms with Crippen molar-refractivity contribution in [2.45, 2.75) is 38.6 Å². The van der Waals surface area contributed by atoms with Crippen molar-refractivity contribution in [3.63, 3.8) is 0 Å². The summed E-state index contributed by atoms with van der Waals surface area (Å²) in [6.07, 6.45) is 4.81. The molecule has 0 heterocycles. The van der Waals surface area contributed by atoms with E-state index in [0.29, 0.717) is 0 Å². The lowest BCUT2D eigenvalue weighted by Crippen LogP contribution is -2.23. The third-order valence-corrected chi connectivity index (χ3v) is 3.53. The molecule has 1 aromatic carbocycles. The summed E-state index contributed by atoms with van der Waals surface area (Å²) in [5, 5.41) is 11.9. The monoisotopic (exact) mass is 251 g/mol. The zero-order valence-corrected chi connectivity index (χ0v) is 10.4. The van der Waals surface area contributed by atoms with Crippen LogP contribution in [0.2, 0.25) is 0 Å². The van der Waals surface area contributed by atoms with Crippen LogP contribution in [0.15, 0.2) is 18.2 Å². The number of benzene rings is 1. The summed E-state index contributed by atoms with van der Waals surface area (Å²) in [5.74, 6) is -0.705. The fourth-order valence-electron chi connectivity index (χ4n) is 2.32. The summed E-state index contributed by atoms with van der Waals surface area (Å²) in [6.45, 7) is 2.01. The Morgan fingerprint density at radius 1 is 1.56 bits per heavy atom. The number of anilines is 1. The van der Waals surface area contributed by atoms with E-state index in [1.54, 1.807) is 0 Å². The van der Waals surface area contributed by atoms with Crippen molar-refractivity contribution in [1.82, 2.24) is 0 Å². The Morgan fingerprint density at radius 2 is 2.28 bits per heavy atom. The number of carboxylic acid groups (broad SMARTS) is 1. The highest BCUT2D eigenvalue weighted by molar-refractivity contribution is 5.88. The molecular formula is C14H18FNO2. The molecule has 18 heavy (non-hydrogen) atoms. The third-order valence-electron chi connectivity index (χ3n) is 3.53. The van der Waals surface area contributed by atoms with Crippen molar-refractivity contribution in [1.29, 1.82) is 0 Å². The second-order valence-corrected chi connectivity index (χ2v) is 5.08. The molecule has 1 atom stereocenters. The highest BCUT2D eigenvalue weighted by Gasteiger charge is 2.20. The van der Waals surface area contributed by atoms with E-state index in [4.69, 9.17) is 5.11 Å². The van der Waals surface area contributed by atoms with Crippen molar-refractivity contribution < 1.29 is 14.3 Å². The van der Waals surface area contributed by atoms with Gasteiger partial charge in [-0.3, -0.25) is 0 Å². The van der Waals surface area contributed by atoms with E-state index in [1.807, 2.05) is 6.92 Å². The van der Waals surface area contributed by atoms with Crippen LogP contribution in [0.25, 0.3) is 0 Å². The molecule has 1 aliphatic carbocycles. The molecule has 0 amide bonds. The first-order chi connectivity index (χ1) is 8.56. The van der Waals surface area contributed by atoms with Crippen LogP contribution in [-0.2, 0) is 0 Å². The molecule has 1 saturated carbocycles. The number of rotatable bonds is 5. The minimum atomic E-state index is -1.04. The predicted molar refractivity (Wildman–Crippen MR) is 68.4 cm³/mol. The van der Waals surface area contributed by atoms with Gasteiger partial charge in [0.1, 0.15) is 5.82 Å². The maximum atomic E-state index is 13.6. The first-order valence-corrected chi connectivity index (χ1v) is 6.35. The minimum absolute atomic E-state index is 0.106. The van der Waals surface area contributed by atoms with Gasteiger partial charge in [0.2, 0.25) is 0 Å². The molecule has 1 aliphatic rings. The van der Waals surface area contributed by atoms with Crippen LogP contribution in [0.4, 0.5) is 10.1 Å². The zero-order valence-electron chi connectivity index (χ0n) is 10.4. The van der Waals surface area contributed by atoms with Crippen LogP contribution < -0.4 is 5.32 Å². The van der Waals surface area contributed by atoms with Gasteiger partial charge in [-0.25, -0.2) is 9.18 Å². The SMILES string of the molecule is CC(CC1CCC1)Nc1cc(C(=O)O)ccc1F. The van der Waals surface area contributed by atoms with Crippen LogP contribution in [0.1, 0.15) is 43.0 Å². The van der Waals surface area contributed by atoms with Gasteiger partial charge in [-0.1, -0.05) is 19.3 Å². The zero-order chi connectivity index (χ0) is 13.1. The van der Waals surface area contributed by atoms with Gasteiger partial charge >= 0.3 is 5.97 Å². The van der Waals surface area contributed by atoms with Gasteiger partial charge in [-0.05, 0) is 37.5 Å². The van der Waals surface area contributed by atoms with Crippen LogP contribution in [-0.4, -0.2) is 17.1 Å². The van der Waals surface area contributed by atoms with Crippen molar-refractivity contribution in [2.75, 3.05) is 5.32 Å². The van der Waals surface area contributed by atoms with E-state index < -0.39 is 11.8 Å². The maximum Gasteiger partial charge on any atom is 0.335 e. The van der Waals surface area contributed by atoms with Crippen molar-refractivity contribution in [3.8, 4) is 0 Å². The smallest absolute Gasteiger partial charge is 0.335 e. The Hall–Kier alpha value is -1.58. The predicted octanol–water partition coefficient (Wildman–Crippen LogP) is 3.51. The summed E-state index contributed by atoms with van der Waals surface area (Å²) >= 11 is 0. The summed E-state index contributed by atoms with van der Waals surface area (Å²) < 4.78 is 13.6. The first-order valence-electron chi connectivity index (χ1n) is 6.35. The number of aromatic carboxylic acids is 1. The molecule has 1 fully saturated rings. The summed E-state index contributed by atoms with van der Waals surface area (Å²) in [6, 6.07) is 3.99. The Bertz CT molecular complexity index is 443. The second kappa shape index (κ2) is 5.38. The molecule has 4 heteroatoms. The summed E-state index contributed by atoms with van der Waals surface area (Å²) in [4.78, 5) is 10.8. The molecule has 98 valence electrons. The lowest BCUT2D eigenvalue weighted by atomic mass is 9.81. The number of hydrogen-bond acceptors (Lipinski definition) is 2. The molecule has 1 aromatic rings. The van der Waals surface area contributed by atoms with E-state index >= 15 is 0 Å². The molecular weight excluding hydrogens is 233 g/mol. The van der Waals surface area contributed by atoms with E-state index in [0.717, 1.165) is 12.3 Å². The molecule has 3 nitrogen and oxygen atoms in total. The second-order valence-electron chi connectivity index (χ2n) is 5.08. The molecule has 0 bridgehead atoms. The van der Waals surface area contributed by atoms with Gasteiger partial charge in [0.25, 0.3) is 0 Å². The number of carbonyl (C=O) groups is 1. The molecule has 0 saturated heterocycles. The Morgan fingerprint density at radius 3 is 2.83 bits per heavy atom. The standard InChI is InChI=1S/C14H18FNO2/c1-9(7-10-3-2-4-10)16-13-8-11(14(17)18)5-6-12(13)15/h5-6,8-10,16H,2-4,7H2,1H3,(H,17,18). The summed E-state index contributed by atoms with van der Waals surface area (Å²) in [7, 11) is 0. The number of carboxylic acids is 1. The Balaban J connectivity index is 2.02. The van der Waals surface area contributed by atoms with E-state index in [-0.39, 0.29) is 17.3 Å². The van der Waals surface area contributed by atoms with Gasteiger partial charge in [0.15, 0.2) is 0 Å². The van der Waals surface area contributed by atoms with Crippen molar-refractivity contribution >= 4 is 11.7 Å². The van der Waals surface area contributed by atoms with Gasteiger partial charge in [0.05, 0.1) is 11.3 Å². The number of nitrogens with one attached hydrogen (secondary N) is 1. The quantitative estimate of drug-likeness (QED) is 0.841. The topological polar surface area (TPSA) is 49.3 Å². The molecule has 0 radical (unpaired) electrons. The molecule has 0 aliphatic heterocycles. The minimum Gasteiger partial charge on any atom is -0.478 e. The summed E-state index contributed by atoms with van der Waals surface area (Å²) in [5.41, 5.74) is 0.386. The highest BCUT2D eigenvalue weighted by atomic mass is 19.1. The highest BCUT2D eigenvalue weighted by Crippen LogP contribution is 2.31. The lowest BCUT2D eigenvalue weighted by Gasteiger charge is -2.29. The molecule has 1 unspecified atom stereocenters. The Kier molecular flexibility index (Phi) is 3.84. The first kappa shape index (κ1) is 12.9.